The molecule has 0 unspecified atom stereocenters. The number of alkyl halides is 3. The van der Waals surface area contributed by atoms with Crippen LogP contribution in [0, 0.1) is 11.3 Å². The molecule has 1 amide bonds. The van der Waals surface area contributed by atoms with E-state index in [9.17, 15) is 18.0 Å². The van der Waals surface area contributed by atoms with E-state index < -0.39 is 11.9 Å². The van der Waals surface area contributed by atoms with Crippen molar-refractivity contribution in [2.45, 2.75) is 52.4 Å². The molecule has 2 atom stereocenters. The predicted octanol–water partition coefficient (Wildman–Crippen LogP) is 3.99. The second kappa shape index (κ2) is 7.92. The highest BCUT2D eigenvalue weighted by molar-refractivity contribution is 5.87. The summed E-state index contributed by atoms with van der Waals surface area (Å²) in [5.74, 6) is 1.34. The van der Waals surface area contributed by atoms with Crippen LogP contribution < -0.4 is 5.32 Å². The Morgan fingerprint density at radius 1 is 1.24 bits per heavy atom. The summed E-state index contributed by atoms with van der Waals surface area (Å²) in [7, 11) is 0. The summed E-state index contributed by atoms with van der Waals surface area (Å²) >= 11 is 0. The Bertz CT molecular complexity index is 1240. The minimum absolute atomic E-state index is 0.0341. The summed E-state index contributed by atoms with van der Waals surface area (Å²) in [4.78, 5) is 31.6. The molecule has 1 N–H and O–H groups in total. The standard InChI is InChI=1S/C23H26F3N7O/c1-4-33-19(13-5-6-16(27-10-13)23(24,25)26)31-17-18(28-12-29-20(17)33)30-14-7-8-32(11-14)21(34)15-9-22(15,2)3/h5-6,10,12,14-15H,4,7-9,11H2,1-3H3,(H,28,29,30)/t14-,15-/m0/s1. The van der Waals surface area contributed by atoms with Crippen LogP contribution in [0.1, 0.15) is 39.3 Å². The van der Waals surface area contributed by atoms with Crippen molar-refractivity contribution < 1.29 is 18.0 Å². The van der Waals surface area contributed by atoms with Gasteiger partial charge in [0.2, 0.25) is 5.91 Å². The number of halogens is 3. The van der Waals surface area contributed by atoms with Crippen molar-refractivity contribution in [3.05, 3.63) is 30.4 Å². The monoisotopic (exact) mass is 473 g/mol. The van der Waals surface area contributed by atoms with Gasteiger partial charge in [-0.2, -0.15) is 13.2 Å². The number of hydrogen-bond donors (Lipinski definition) is 1. The van der Waals surface area contributed by atoms with Gasteiger partial charge in [-0.05, 0) is 37.3 Å². The first-order valence-electron chi connectivity index (χ1n) is 11.4. The number of aryl methyl sites for hydroxylation is 1. The van der Waals surface area contributed by atoms with Crippen molar-refractivity contribution in [1.82, 2.24) is 29.4 Å². The topological polar surface area (TPSA) is 88.8 Å². The van der Waals surface area contributed by atoms with Crippen LogP contribution in [0.5, 0.6) is 0 Å². The zero-order valence-electron chi connectivity index (χ0n) is 19.2. The van der Waals surface area contributed by atoms with E-state index in [1.54, 1.807) is 0 Å². The van der Waals surface area contributed by atoms with Crippen LogP contribution in [0.3, 0.4) is 0 Å². The normalized spacial score (nSPS) is 21.8. The molecule has 1 aliphatic carbocycles. The van der Waals surface area contributed by atoms with Gasteiger partial charge in [0.1, 0.15) is 17.8 Å². The number of aromatic nitrogens is 5. The van der Waals surface area contributed by atoms with Gasteiger partial charge in [0.15, 0.2) is 17.0 Å². The van der Waals surface area contributed by atoms with Gasteiger partial charge in [-0.1, -0.05) is 13.8 Å². The van der Waals surface area contributed by atoms with Crippen molar-refractivity contribution in [2.75, 3.05) is 18.4 Å². The van der Waals surface area contributed by atoms with Gasteiger partial charge in [0.05, 0.1) is 0 Å². The molecule has 3 aromatic rings. The van der Waals surface area contributed by atoms with Gasteiger partial charge in [-0.15, -0.1) is 0 Å². The lowest BCUT2D eigenvalue weighted by molar-refractivity contribution is -0.141. The Labute approximate surface area is 194 Å². The first-order chi connectivity index (χ1) is 16.1. The van der Waals surface area contributed by atoms with E-state index >= 15 is 0 Å². The highest BCUT2D eigenvalue weighted by atomic mass is 19.4. The van der Waals surface area contributed by atoms with E-state index in [0.717, 1.165) is 18.9 Å². The SMILES string of the molecule is CCn1c(-c2ccc(C(F)(F)F)nc2)nc2c(N[C@H]3CCN(C(=O)[C@@H]4CC4(C)C)C3)ncnc21. The second-order valence-electron chi connectivity index (χ2n) is 9.66. The first kappa shape index (κ1) is 22.5. The third-order valence-electron chi connectivity index (χ3n) is 6.81. The van der Waals surface area contributed by atoms with E-state index in [4.69, 9.17) is 0 Å². The van der Waals surface area contributed by atoms with Crippen LogP contribution in [-0.2, 0) is 17.5 Å². The number of carbonyl (C=O) groups excluding carboxylic acids is 1. The Morgan fingerprint density at radius 3 is 2.62 bits per heavy atom. The molecule has 0 spiro atoms. The van der Waals surface area contributed by atoms with Crippen molar-refractivity contribution in [3.8, 4) is 11.4 Å². The molecule has 0 bridgehead atoms. The minimum Gasteiger partial charge on any atom is -0.364 e. The van der Waals surface area contributed by atoms with Gasteiger partial charge in [0, 0.05) is 43.4 Å². The smallest absolute Gasteiger partial charge is 0.364 e. The summed E-state index contributed by atoms with van der Waals surface area (Å²) in [6.45, 7) is 7.97. The highest BCUT2D eigenvalue weighted by Gasteiger charge is 2.52. The molecule has 4 heterocycles. The van der Waals surface area contributed by atoms with Gasteiger partial charge in [-0.3, -0.25) is 9.78 Å². The van der Waals surface area contributed by atoms with Crippen LogP contribution in [0.15, 0.2) is 24.7 Å². The Hall–Kier alpha value is -3.24. The molecule has 180 valence electrons. The van der Waals surface area contributed by atoms with E-state index in [1.807, 2.05) is 16.4 Å². The van der Waals surface area contributed by atoms with Crippen LogP contribution in [-0.4, -0.2) is 54.4 Å². The zero-order valence-corrected chi connectivity index (χ0v) is 19.2. The predicted molar refractivity (Wildman–Crippen MR) is 120 cm³/mol. The summed E-state index contributed by atoms with van der Waals surface area (Å²) < 4.78 is 40.6. The largest absolute Gasteiger partial charge is 0.433 e. The van der Waals surface area contributed by atoms with Gasteiger partial charge in [-0.25, -0.2) is 15.0 Å². The van der Waals surface area contributed by atoms with Gasteiger partial charge >= 0.3 is 6.18 Å². The third-order valence-corrected chi connectivity index (χ3v) is 6.81. The maximum absolute atomic E-state index is 12.9. The van der Waals surface area contributed by atoms with Crippen LogP contribution >= 0.6 is 0 Å². The molecule has 34 heavy (non-hydrogen) atoms. The van der Waals surface area contributed by atoms with E-state index in [1.165, 1.54) is 18.6 Å². The molecule has 2 fully saturated rings. The van der Waals surface area contributed by atoms with Gasteiger partial charge < -0.3 is 14.8 Å². The fourth-order valence-electron chi connectivity index (χ4n) is 4.64. The van der Waals surface area contributed by atoms with Crippen molar-refractivity contribution in [1.29, 1.82) is 0 Å². The molecule has 1 saturated heterocycles. The molecule has 1 aliphatic heterocycles. The number of nitrogens with one attached hydrogen (secondary N) is 1. The molecule has 5 rings (SSSR count). The van der Waals surface area contributed by atoms with Crippen LogP contribution in [0.25, 0.3) is 22.6 Å². The van der Waals surface area contributed by atoms with Crippen LogP contribution in [0.4, 0.5) is 19.0 Å². The number of fused-ring (bicyclic) bond motifs is 1. The number of nitrogens with zero attached hydrogens (tertiary/aromatic N) is 6. The summed E-state index contributed by atoms with van der Waals surface area (Å²) in [5, 5.41) is 3.41. The summed E-state index contributed by atoms with van der Waals surface area (Å²) in [6, 6.07) is 2.35. The Morgan fingerprint density at radius 2 is 2.00 bits per heavy atom. The van der Waals surface area contributed by atoms with Crippen molar-refractivity contribution >= 4 is 22.9 Å². The number of amides is 1. The van der Waals surface area contributed by atoms with E-state index in [0.29, 0.717) is 48.0 Å². The number of carbonyl (C=O) groups is 1. The lowest BCUT2D eigenvalue weighted by Gasteiger charge is -2.18. The lowest BCUT2D eigenvalue weighted by Crippen LogP contribution is -2.33. The number of hydrogen-bond acceptors (Lipinski definition) is 6. The second-order valence-corrected chi connectivity index (χ2v) is 9.66. The average molecular weight is 474 g/mol. The molecule has 2 aliphatic rings. The zero-order chi connectivity index (χ0) is 24.3. The van der Waals surface area contributed by atoms with E-state index in [2.05, 4.69) is 39.1 Å². The highest BCUT2D eigenvalue weighted by Crippen LogP contribution is 2.52. The number of pyridine rings is 1. The van der Waals surface area contributed by atoms with Gasteiger partial charge in [0.25, 0.3) is 0 Å². The summed E-state index contributed by atoms with van der Waals surface area (Å²) in [6.07, 6.45) is -0.149. The first-order valence-corrected chi connectivity index (χ1v) is 11.4. The fraction of sp³-hybridized carbons (Fsp3) is 0.522. The Balaban J connectivity index is 1.39. The van der Waals surface area contributed by atoms with Crippen molar-refractivity contribution in [3.63, 3.8) is 0 Å². The van der Waals surface area contributed by atoms with Crippen LogP contribution in [0.2, 0.25) is 0 Å². The molecular formula is C23H26F3N7O. The maximum Gasteiger partial charge on any atom is 0.433 e. The number of likely N-dealkylation sites (tertiary alicyclic amines) is 1. The molecule has 11 heteroatoms. The lowest BCUT2D eigenvalue weighted by atomic mass is 10.1. The summed E-state index contributed by atoms with van der Waals surface area (Å²) in [5.41, 5.74) is 0.724. The van der Waals surface area contributed by atoms with Crippen molar-refractivity contribution in [2.24, 2.45) is 11.3 Å². The average Bonchev–Trinajstić information content (AvgIpc) is 3.14. The molecule has 0 radical (unpaired) electrons. The Kier molecular flexibility index (Phi) is 5.25. The number of imidazole rings is 1. The minimum atomic E-state index is -4.50. The molecule has 3 aromatic heterocycles. The molecule has 8 nitrogen and oxygen atoms in total. The number of rotatable bonds is 5. The molecular weight excluding hydrogens is 447 g/mol. The molecule has 0 aromatic carbocycles. The quantitative estimate of drug-likeness (QED) is 0.603. The van der Waals surface area contributed by atoms with E-state index in [-0.39, 0.29) is 23.3 Å². The maximum atomic E-state index is 12.9. The third kappa shape index (κ3) is 3.97. The molecule has 1 saturated carbocycles. The fourth-order valence-corrected chi connectivity index (χ4v) is 4.64. The number of anilines is 1.